The minimum Gasteiger partial charge on any atom is -0.350 e. The lowest BCUT2D eigenvalue weighted by molar-refractivity contribution is -0.384. The summed E-state index contributed by atoms with van der Waals surface area (Å²) in [5.74, 6) is -0.949. The van der Waals surface area contributed by atoms with Gasteiger partial charge in [0.2, 0.25) is 0 Å². The summed E-state index contributed by atoms with van der Waals surface area (Å²) in [5, 5.41) is 14.3. The zero-order chi connectivity index (χ0) is 23.9. The number of anilines is 2. The molecule has 33 heavy (non-hydrogen) atoms. The highest BCUT2D eigenvalue weighted by Crippen LogP contribution is 2.36. The predicted molar refractivity (Wildman–Crippen MR) is 128 cm³/mol. The Hall–Kier alpha value is -4.26. The molecule has 2 amide bonds. The third-order valence-electron chi connectivity index (χ3n) is 5.91. The van der Waals surface area contributed by atoms with Crippen LogP contribution in [0.25, 0.3) is 5.57 Å². The summed E-state index contributed by atoms with van der Waals surface area (Å²) in [4.78, 5) is 38.9. The number of nitrogens with zero attached hydrogens (tertiary/aromatic N) is 2. The van der Waals surface area contributed by atoms with Crippen LogP contribution in [0.5, 0.6) is 0 Å². The Bertz CT molecular complexity index is 1340. The van der Waals surface area contributed by atoms with Gasteiger partial charge in [-0.15, -0.1) is 0 Å². The number of hydrogen-bond donors (Lipinski definition) is 1. The lowest BCUT2D eigenvalue weighted by Gasteiger charge is -2.18. The third kappa shape index (κ3) is 3.89. The lowest BCUT2D eigenvalue weighted by atomic mass is 10.0. The first-order chi connectivity index (χ1) is 15.7. The van der Waals surface area contributed by atoms with Crippen molar-refractivity contribution in [2.45, 2.75) is 27.7 Å². The van der Waals surface area contributed by atoms with Crippen LogP contribution in [-0.2, 0) is 9.59 Å². The number of non-ortho nitro benzene ring substituents is 1. The van der Waals surface area contributed by atoms with Crippen molar-refractivity contribution in [3.8, 4) is 0 Å². The quantitative estimate of drug-likeness (QED) is 0.333. The van der Waals surface area contributed by atoms with Gasteiger partial charge in [0.25, 0.3) is 17.5 Å². The maximum atomic E-state index is 13.6. The van der Waals surface area contributed by atoms with E-state index in [1.807, 2.05) is 58.0 Å². The van der Waals surface area contributed by atoms with Crippen molar-refractivity contribution in [3.63, 3.8) is 0 Å². The zero-order valence-corrected chi connectivity index (χ0v) is 18.8. The first-order valence-corrected chi connectivity index (χ1v) is 10.5. The second-order valence-electron chi connectivity index (χ2n) is 8.16. The monoisotopic (exact) mass is 441 g/mol. The molecule has 1 aliphatic rings. The Balaban J connectivity index is 1.86. The molecule has 0 saturated carbocycles. The van der Waals surface area contributed by atoms with Gasteiger partial charge in [-0.05, 0) is 74.2 Å². The number of nitro groups is 1. The molecule has 0 spiro atoms. The number of rotatable bonds is 5. The summed E-state index contributed by atoms with van der Waals surface area (Å²) >= 11 is 0. The molecule has 7 nitrogen and oxygen atoms in total. The van der Waals surface area contributed by atoms with Crippen molar-refractivity contribution in [1.29, 1.82) is 0 Å². The molecule has 1 heterocycles. The van der Waals surface area contributed by atoms with E-state index in [1.54, 1.807) is 6.07 Å². The Labute approximate surface area is 191 Å². The molecular weight excluding hydrogens is 418 g/mol. The predicted octanol–water partition coefficient (Wildman–Crippen LogP) is 5.23. The lowest BCUT2D eigenvalue weighted by Crippen LogP contribution is -2.33. The van der Waals surface area contributed by atoms with E-state index in [0.29, 0.717) is 16.9 Å². The Morgan fingerprint density at radius 3 is 2.18 bits per heavy atom. The van der Waals surface area contributed by atoms with Gasteiger partial charge in [-0.3, -0.25) is 19.7 Å². The number of aryl methyl sites for hydroxylation is 3. The van der Waals surface area contributed by atoms with Gasteiger partial charge in [0, 0.05) is 17.8 Å². The molecule has 0 atom stereocenters. The third-order valence-corrected chi connectivity index (χ3v) is 5.91. The summed E-state index contributed by atoms with van der Waals surface area (Å²) in [6, 6.07) is 16.9. The molecule has 4 rings (SSSR count). The van der Waals surface area contributed by atoms with Crippen molar-refractivity contribution in [2.75, 3.05) is 10.2 Å². The second kappa shape index (κ2) is 8.35. The number of carbonyl (C=O) groups is 2. The number of nitrogens with one attached hydrogen (secondary N) is 1. The summed E-state index contributed by atoms with van der Waals surface area (Å²) in [5.41, 5.74) is 5.70. The summed E-state index contributed by atoms with van der Waals surface area (Å²) in [6.07, 6.45) is 0. The van der Waals surface area contributed by atoms with Crippen LogP contribution in [0.4, 0.5) is 17.1 Å². The SMILES string of the molecule is Cc1ccc(N2C(=O)C(Nc3cccc(C)c3C)=C(c3ccc([N+](=O)[O-])cc3)C2=O)c(C)c1. The first-order valence-electron chi connectivity index (χ1n) is 10.5. The van der Waals surface area contributed by atoms with Gasteiger partial charge in [-0.2, -0.15) is 0 Å². The highest BCUT2D eigenvalue weighted by Gasteiger charge is 2.41. The van der Waals surface area contributed by atoms with E-state index in [0.717, 1.165) is 22.3 Å². The summed E-state index contributed by atoms with van der Waals surface area (Å²) in [6.45, 7) is 7.70. The van der Waals surface area contributed by atoms with Crippen LogP contribution in [0.1, 0.15) is 27.8 Å². The highest BCUT2D eigenvalue weighted by atomic mass is 16.6. The maximum absolute atomic E-state index is 13.6. The van der Waals surface area contributed by atoms with Crippen LogP contribution in [0.15, 0.2) is 66.4 Å². The smallest absolute Gasteiger partial charge is 0.282 e. The molecule has 0 radical (unpaired) electrons. The first kappa shape index (κ1) is 22.0. The summed E-state index contributed by atoms with van der Waals surface area (Å²) < 4.78 is 0. The van der Waals surface area contributed by atoms with Crippen molar-refractivity contribution in [3.05, 3.63) is 104 Å². The largest absolute Gasteiger partial charge is 0.350 e. The number of hydrogen-bond acceptors (Lipinski definition) is 5. The van der Waals surface area contributed by atoms with Crippen LogP contribution >= 0.6 is 0 Å². The van der Waals surface area contributed by atoms with Gasteiger partial charge in [0.15, 0.2) is 0 Å². The molecule has 3 aromatic rings. The number of nitro benzene ring substituents is 1. The van der Waals surface area contributed by atoms with Crippen LogP contribution in [0.2, 0.25) is 0 Å². The van der Waals surface area contributed by atoms with Crippen LogP contribution in [-0.4, -0.2) is 16.7 Å². The van der Waals surface area contributed by atoms with E-state index in [1.165, 1.54) is 29.2 Å². The van der Waals surface area contributed by atoms with E-state index in [-0.39, 0.29) is 17.0 Å². The average molecular weight is 441 g/mol. The molecule has 166 valence electrons. The molecule has 1 N–H and O–H groups in total. The fourth-order valence-corrected chi connectivity index (χ4v) is 3.96. The van der Waals surface area contributed by atoms with Gasteiger partial charge >= 0.3 is 0 Å². The number of benzene rings is 3. The van der Waals surface area contributed by atoms with E-state index in [9.17, 15) is 19.7 Å². The number of amides is 2. The second-order valence-corrected chi connectivity index (χ2v) is 8.16. The minimum atomic E-state index is -0.503. The average Bonchev–Trinajstić information content (AvgIpc) is 3.01. The van der Waals surface area contributed by atoms with Gasteiger partial charge in [-0.25, -0.2) is 4.90 Å². The van der Waals surface area contributed by atoms with E-state index >= 15 is 0 Å². The molecule has 0 fully saturated rings. The fraction of sp³-hybridized carbons (Fsp3) is 0.154. The van der Waals surface area contributed by atoms with Gasteiger partial charge in [0.05, 0.1) is 16.2 Å². The Morgan fingerprint density at radius 1 is 0.848 bits per heavy atom. The van der Waals surface area contributed by atoms with Crippen molar-refractivity contribution < 1.29 is 14.5 Å². The Kier molecular flexibility index (Phi) is 5.55. The normalized spacial score (nSPS) is 13.6. The van der Waals surface area contributed by atoms with Crippen molar-refractivity contribution >= 4 is 34.4 Å². The molecule has 0 bridgehead atoms. The van der Waals surface area contributed by atoms with Gasteiger partial charge < -0.3 is 5.32 Å². The maximum Gasteiger partial charge on any atom is 0.282 e. The molecule has 1 aliphatic heterocycles. The van der Waals surface area contributed by atoms with E-state index in [2.05, 4.69) is 5.32 Å². The number of carbonyl (C=O) groups excluding carboxylic acids is 2. The standard InChI is InChI=1S/C26H23N3O4/c1-15-8-13-22(17(3)14-15)28-25(30)23(19-9-11-20(12-10-19)29(32)33)24(26(28)31)27-21-7-5-6-16(2)18(21)4/h5-14,27H,1-4H3. The van der Waals surface area contributed by atoms with Crippen molar-refractivity contribution in [1.82, 2.24) is 0 Å². The minimum absolute atomic E-state index is 0.0913. The van der Waals surface area contributed by atoms with Crippen LogP contribution < -0.4 is 10.2 Å². The Morgan fingerprint density at radius 2 is 1.55 bits per heavy atom. The molecule has 3 aromatic carbocycles. The number of imide groups is 1. The molecular formula is C26H23N3O4. The molecule has 7 heteroatoms. The van der Waals surface area contributed by atoms with Crippen LogP contribution in [0.3, 0.4) is 0 Å². The van der Waals surface area contributed by atoms with E-state index < -0.39 is 16.7 Å². The van der Waals surface area contributed by atoms with Crippen LogP contribution in [0, 0.1) is 37.8 Å². The fourth-order valence-electron chi connectivity index (χ4n) is 3.96. The topological polar surface area (TPSA) is 92.6 Å². The molecule has 0 aliphatic carbocycles. The molecule has 0 unspecified atom stereocenters. The molecule has 0 aromatic heterocycles. The van der Waals surface area contributed by atoms with Gasteiger partial charge in [-0.1, -0.05) is 29.8 Å². The zero-order valence-electron chi connectivity index (χ0n) is 18.8. The van der Waals surface area contributed by atoms with Gasteiger partial charge in [0.1, 0.15) is 5.70 Å². The van der Waals surface area contributed by atoms with E-state index in [4.69, 9.17) is 0 Å². The van der Waals surface area contributed by atoms with Crippen molar-refractivity contribution in [2.24, 2.45) is 0 Å². The summed E-state index contributed by atoms with van der Waals surface area (Å²) in [7, 11) is 0. The highest BCUT2D eigenvalue weighted by molar-refractivity contribution is 6.46. The molecule has 0 saturated heterocycles.